The second kappa shape index (κ2) is 13.9. The smallest absolute Gasteiger partial charge is 0.163 e. The van der Waals surface area contributed by atoms with Crippen LogP contribution in [0.1, 0.15) is 34.0 Å². The molecule has 65 heavy (non-hydrogen) atoms. The van der Waals surface area contributed by atoms with Crippen molar-refractivity contribution in [3.63, 3.8) is 0 Å². The van der Waals surface area contributed by atoms with Crippen LogP contribution < -0.4 is 0 Å². The fourth-order valence-electron chi connectivity index (χ4n) is 10.5. The Hall–Kier alpha value is -8.68. The number of rotatable bonds is 6. The lowest BCUT2D eigenvalue weighted by Crippen LogP contribution is -2.10. The quantitative estimate of drug-likeness (QED) is 0.166. The van der Waals surface area contributed by atoms with Gasteiger partial charge in [-0.1, -0.05) is 146 Å². The summed E-state index contributed by atoms with van der Waals surface area (Å²) in [5.74, 6) is 2.58. The third-order valence-electron chi connectivity index (χ3n) is 13.2. The van der Waals surface area contributed by atoms with Gasteiger partial charge in [0.05, 0.1) is 16.4 Å². The molecule has 1 aliphatic carbocycles. The van der Waals surface area contributed by atoms with E-state index < -0.39 is 0 Å². The van der Waals surface area contributed by atoms with Gasteiger partial charge < -0.3 is 8.83 Å². The number of para-hydroxylation sites is 3. The summed E-state index contributed by atoms with van der Waals surface area (Å²) in [6.07, 6.45) is 2.47. The van der Waals surface area contributed by atoms with Gasteiger partial charge in [-0.15, -0.1) is 0 Å². The Labute approximate surface area is 371 Å². The van der Waals surface area contributed by atoms with Gasteiger partial charge in [-0.2, -0.15) is 0 Å². The SMILES string of the molecule is c1ccc(-c2nc(Cc3cc(C4c5ccccc5-c5ccc6oc7ccccc7c6c54)cnc3-n3c4ccccc4c4ccc5oc6ccccc6c5c43)nc(-c3ccccc3)n2)cc1. The van der Waals surface area contributed by atoms with Crippen LogP contribution in [0.4, 0.5) is 0 Å². The van der Waals surface area contributed by atoms with Crippen LogP contribution in [0.3, 0.4) is 0 Å². The van der Waals surface area contributed by atoms with E-state index in [1.54, 1.807) is 0 Å². The zero-order chi connectivity index (χ0) is 42.6. The van der Waals surface area contributed by atoms with Crippen molar-refractivity contribution in [3.05, 3.63) is 222 Å². The number of benzene rings is 8. The lowest BCUT2D eigenvalue weighted by Gasteiger charge is -2.19. The van der Waals surface area contributed by atoms with E-state index in [0.717, 1.165) is 93.8 Å². The lowest BCUT2D eigenvalue weighted by atomic mass is 9.87. The van der Waals surface area contributed by atoms with E-state index in [2.05, 4.69) is 144 Å². The molecule has 0 saturated carbocycles. The zero-order valence-corrected chi connectivity index (χ0v) is 34.8. The van der Waals surface area contributed by atoms with Gasteiger partial charge in [-0.25, -0.2) is 19.9 Å². The van der Waals surface area contributed by atoms with Crippen molar-refractivity contribution in [1.82, 2.24) is 24.5 Å². The fourth-order valence-corrected chi connectivity index (χ4v) is 10.5. The Morgan fingerprint density at radius 1 is 0.477 bits per heavy atom. The molecule has 1 aliphatic rings. The maximum absolute atomic E-state index is 6.53. The molecule has 0 fully saturated rings. The van der Waals surface area contributed by atoms with E-state index in [4.69, 9.17) is 28.8 Å². The van der Waals surface area contributed by atoms with Crippen LogP contribution in [0.25, 0.3) is 105 Å². The number of aromatic nitrogens is 5. The molecule has 5 aromatic heterocycles. The van der Waals surface area contributed by atoms with Crippen LogP contribution >= 0.6 is 0 Å². The summed E-state index contributed by atoms with van der Waals surface area (Å²) >= 11 is 0. The lowest BCUT2D eigenvalue weighted by molar-refractivity contribution is 0.668. The Bertz CT molecular complexity index is 4000. The van der Waals surface area contributed by atoms with Gasteiger partial charge in [0.1, 0.15) is 34.0 Å². The first-order valence-corrected chi connectivity index (χ1v) is 22.0. The van der Waals surface area contributed by atoms with Crippen molar-refractivity contribution in [2.45, 2.75) is 12.3 Å². The van der Waals surface area contributed by atoms with Crippen molar-refractivity contribution >= 4 is 65.7 Å². The van der Waals surface area contributed by atoms with Crippen molar-refractivity contribution in [2.24, 2.45) is 0 Å². The first-order valence-electron chi connectivity index (χ1n) is 22.0. The summed E-state index contributed by atoms with van der Waals surface area (Å²) in [7, 11) is 0. The molecule has 0 N–H and O–H groups in total. The van der Waals surface area contributed by atoms with Gasteiger partial charge in [0, 0.05) is 62.2 Å². The predicted molar refractivity (Wildman–Crippen MR) is 259 cm³/mol. The van der Waals surface area contributed by atoms with Gasteiger partial charge in [0.15, 0.2) is 11.6 Å². The highest BCUT2D eigenvalue weighted by Crippen LogP contribution is 2.53. The molecule has 5 heterocycles. The van der Waals surface area contributed by atoms with Gasteiger partial charge in [0.25, 0.3) is 0 Å². The van der Waals surface area contributed by atoms with Gasteiger partial charge in [-0.3, -0.25) is 4.57 Å². The molecule has 0 saturated heterocycles. The molecule has 0 radical (unpaired) electrons. The van der Waals surface area contributed by atoms with Crippen LogP contribution in [0.15, 0.2) is 203 Å². The van der Waals surface area contributed by atoms with Crippen molar-refractivity contribution < 1.29 is 8.83 Å². The topological polar surface area (TPSA) is 82.8 Å². The number of hydrogen-bond acceptors (Lipinski definition) is 6. The van der Waals surface area contributed by atoms with Crippen LogP contribution in [0, 0.1) is 0 Å². The predicted octanol–water partition coefficient (Wildman–Crippen LogP) is 14.2. The summed E-state index contributed by atoms with van der Waals surface area (Å²) < 4.78 is 15.4. The molecule has 0 bridgehead atoms. The molecule has 13 aromatic rings. The summed E-state index contributed by atoms with van der Waals surface area (Å²) in [6, 6.07) is 65.3. The molecule has 7 heteroatoms. The summed E-state index contributed by atoms with van der Waals surface area (Å²) in [6.45, 7) is 0. The van der Waals surface area contributed by atoms with Crippen LogP contribution in [0.5, 0.6) is 0 Å². The molecular formula is C58H35N5O2. The van der Waals surface area contributed by atoms with E-state index in [1.807, 2.05) is 54.6 Å². The molecule has 8 aromatic carbocycles. The van der Waals surface area contributed by atoms with Gasteiger partial charge in [-0.05, 0) is 70.3 Å². The Kier molecular flexibility index (Phi) is 7.68. The van der Waals surface area contributed by atoms with Gasteiger partial charge >= 0.3 is 0 Å². The maximum atomic E-state index is 6.53. The number of fused-ring (bicyclic) bond motifs is 14. The maximum Gasteiger partial charge on any atom is 0.163 e. The monoisotopic (exact) mass is 833 g/mol. The average molecular weight is 834 g/mol. The minimum atomic E-state index is -0.119. The molecule has 1 unspecified atom stereocenters. The van der Waals surface area contributed by atoms with E-state index >= 15 is 0 Å². The first-order chi connectivity index (χ1) is 32.2. The molecule has 0 spiro atoms. The molecule has 1 atom stereocenters. The fraction of sp³-hybridized carbons (Fsp3) is 0.0345. The minimum absolute atomic E-state index is 0.119. The summed E-state index contributed by atoms with van der Waals surface area (Å²) in [4.78, 5) is 21.1. The van der Waals surface area contributed by atoms with Crippen molar-refractivity contribution in [2.75, 3.05) is 0 Å². The van der Waals surface area contributed by atoms with Crippen LogP contribution in [-0.4, -0.2) is 24.5 Å². The second-order valence-electron chi connectivity index (χ2n) is 16.9. The van der Waals surface area contributed by atoms with E-state index in [0.29, 0.717) is 23.9 Å². The highest BCUT2D eigenvalue weighted by atomic mass is 16.3. The minimum Gasteiger partial charge on any atom is -0.456 e. The third-order valence-corrected chi connectivity index (χ3v) is 13.2. The average Bonchev–Trinajstić information content (AvgIpc) is 4.12. The molecule has 304 valence electrons. The number of hydrogen-bond donors (Lipinski definition) is 0. The number of nitrogens with zero attached hydrogens (tertiary/aromatic N) is 5. The van der Waals surface area contributed by atoms with Crippen LogP contribution in [0.2, 0.25) is 0 Å². The van der Waals surface area contributed by atoms with Crippen molar-refractivity contribution in [1.29, 1.82) is 0 Å². The highest BCUT2D eigenvalue weighted by Gasteiger charge is 2.34. The highest BCUT2D eigenvalue weighted by molar-refractivity contribution is 6.24. The molecular weight excluding hydrogens is 799 g/mol. The normalized spacial score (nSPS) is 13.4. The zero-order valence-electron chi connectivity index (χ0n) is 34.8. The summed E-state index contributed by atoms with van der Waals surface area (Å²) in [5, 5.41) is 6.62. The number of pyridine rings is 1. The summed E-state index contributed by atoms with van der Waals surface area (Å²) in [5.41, 5.74) is 14.3. The molecule has 0 amide bonds. The Morgan fingerprint density at radius 2 is 1.08 bits per heavy atom. The number of furan rings is 2. The van der Waals surface area contributed by atoms with E-state index in [-0.39, 0.29) is 5.92 Å². The first kappa shape index (κ1) is 35.9. The van der Waals surface area contributed by atoms with Crippen molar-refractivity contribution in [3.8, 4) is 39.7 Å². The Balaban J connectivity index is 1.07. The molecule has 0 aliphatic heterocycles. The Morgan fingerprint density at radius 3 is 1.82 bits per heavy atom. The largest absolute Gasteiger partial charge is 0.456 e. The van der Waals surface area contributed by atoms with Gasteiger partial charge in [0.2, 0.25) is 0 Å². The third kappa shape index (κ3) is 5.42. The van der Waals surface area contributed by atoms with E-state index in [1.165, 1.54) is 22.3 Å². The molecule has 7 nitrogen and oxygen atoms in total. The standard InChI is InChI=1S/C58H35N5O2/c1-3-15-34(16-4-1)56-60-50(61-57(62-56)35-17-5-2-6-18-35)32-36-31-37(51-40-21-8-7-19-38(40)41-27-29-48-52(54(41)51)43-22-10-13-25-46(43)64-48)33-59-58(36)63-45-24-12-9-20-39(45)42-28-30-49-53(55(42)63)44-23-11-14-26-47(44)65-49/h1-31,33,51H,32H2. The molecule has 14 rings (SSSR count). The van der Waals surface area contributed by atoms with Crippen LogP contribution in [-0.2, 0) is 6.42 Å². The van der Waals surface area contributed by atoms with E-state index in [9.17, 15) is 0 Å². The second-order valence-corrected chi connectivity index (χ2v) is 16.9.